The van der Waals surface area contributed by atoms with E-state index in [1.807, 2.05) is 0 Å². The number of anilines is 1. The molecule has 4 N–H and O–H groups in total. The molecule has 0 aliphatic carbocycles. The first-order valence-electron chi connectivity index (χ1n) is 5.48. The smallest absolute Gasteiger partial charge is 0.405 e. The summed E-state index contributed by atoms with van der Waals surface area (Å²) in [6, 6.07) is 4.37. The van der Waals surface area contributed by atoms with Gasteiger partial charge in [0.25, 0.3) is 0 Å². The van der Waals surface area contributed by atoms with Gasteiger partial charge in [0.05, 0.1) is 6.61 Å². The van der Waals surface area contributed by atoms with E-state index < -0.39 is 19.3 Å². The third-order valence-corrected chi connectivity index (χ3v) is 2.92. The lowest BCUT2D eigenvalue weighted by atomic mass is 10.1. The Hall–Kier alpha value is -1.48. The molecular weight excluding hydrogens is 343 g/mol. The fourth-order valence-corrected chi connectivity index (χ4v) is 2.03. The molecule has 0 fully saturated rings. The van der Waals surface area contributed by atoms with Crippen LogP contribution in [0.3, 0.4) is 0 Å². The summed E-state index contributed by atoms with van der Waals surface area (Å²) in [7, 11) is 0. The number of nitrogens with two attached hydrogens (primary N) is 1. The molecule has 0 aliphatic rings. The van der Waals surface area contributed by atoms with Crippen molar-refractivity contribution >= 4 is 27.5 Å². The quantitative estimate of drug-likeness (QED) is 0.326. The lowest BCUT2D eigenvalue weighted by molar-refractivity contribution is -0.119. The van der Waals surface area contributed by atoms with Crippen LogP contribution in [0.2, 0.25) is 0 Å². The van der Waals surface area contributed by atoms with Gasteiger partial charge in [-0.05, 0) is 18.2 Å². The number of aliphatic hydroxyl groups is 1. The van der Waals surface area contributed by atoms with Crippen LogP contribution in [0.5, 0.6) is 0 Å². The Morgan fingerprint density at radius 2 is 2.05 bits per heavy atom. The molecule has 0 aromatic heterocycles. The molecule has 0 unspecified atom stereocenters. The second-order valence-corrected chi connectivity index (χ2v) is 4.82. The van der Waals surface area contributed by atoms with Crippen LogP contribution >= 0.6 is 15.9 Å². The second-order valence-electron chi connectivity index (χ2n) is 3.91. The molecule has 0 spiro atoms. The van der Waals surface area contributed by atoms with E-state index >= 15 is 0 Å². The Kier molecular flexibility index (Phi) is 5.63. The van der Waals surface area contributed by atoms with Gasteiger partial charge < -0.3 is 20.9 Å². The van der Waals surface area contributed by atoms with Crippen molar-refractivity contribution in [2.24, 2.45) is 10.9 Å². The van der Waals surface area contributed by atoms with Crippen molar-refractivity contribution in [1.82, 2.24) is 0 Å². The number of nitrogens with zero attached hydrogens (tertiary/aromatic N) is 2. The SMILES string of the molecule is N/C(=N/O)c1cc(Br)ccc1N(CCO)CC(F)(F)F. The second kappa shape index (κ2) is 6.80. The molecule has 9 heteroatoms. The summed E-state index contributed by atoms with van der Waals surface area (Å²) in [5, 5.41) is 20.4. The van der Waals surface area contributed by atoms with Crippen LogP contribution in [0, 0.1) is 0 Å². The number of oxime groups is 1. The molecular formula is C11H13BrF3N3O2. The van der Waals surface area contributed by atoms with Gasteiger partial charge in [0.1, 0.15) is 6.54 Å². The van der Waals surface area contributed by atoms with Gasteiger partial charge >= 0.3 is 6.18 Å². The van der Waals surface area contributed by atoms with Crippen LogP contribution in [0.25, 0.3) is 0 Å². The zero-order valence-corrected chi connectivity index (χ0v) is 11.8. The maximum absolute atomic E-state index is 12.6. The number of benzene rings is 1. The van der Waals surface area contributed by atoms with E-state index in [4.69, 9.17) is 16.0 Å². The summed E-state index contributed by atoms with van der Waals surface area (Å²) in [5.74, 6) is -0.314. The van der Waals surface area contributed by atoms with Crippen LogP contribution in [-0.4, -0.2) is 42.0 Å². The predicted molar refractivity (Wildman–Crippen MR) is 72.0 cm³/mol. The molecule has 0 bridgehead atoms. The molecule has 0 atom stereocenters. The van der Waals surface area contributed by atoms with E-state index in [9.17, 15) is 13.2 Å². The molecule has 1 aromatic carbocycles. The van der Waals surface area contributed by atoms with Crippen LogP contribution in [0.15, 0.2) is 27.8 Å². The van der Waals surface area contributed by atoms with Crippen molar-refractivity contribution in [1.29, 1.82) is 0 Å². The van der Waals surface area contributed by atoms with Crippen molar-refractivity contribution in [3.05, 3.63) is 28.2 Å². The lowest BCUT2D eigenvalue weighted by Crippen LogP contribution is -2.37. The van der Waals surface area contributed by atoms with Crippen LogP contribution in [-0.2, 0) is 0 Å². The predicted octanol–water partition coefficient (Wildman–Crippen LogP) is 1.90. The van der Waals surface area contributed by atoms with E-state index in [2.05, 4.69) is 21.1 Å². The average Bonchev–Trinajstić information content (AvgIpc) is 2.35. The van der Waals surface area contributed by atoms with Crippen LogP contribution < -0.4 is 10.6 Å². The number of halogens is 4. The van der Waals surface area contributed by atoms with Gasteiger partial charge in [-0.3, -0.25) is 0 Å². The number of alkyl halides is 3. The average molecular weight is 356 g/mol. The summed E-state index contributed by atoms with van der Waals surface area (Å²) < 4.78 is 38.3. The topological polar surface area (TPSA) is 82.1 Å². The monoisotopic (exact) mass is 355 g/mol. The summed E-state index contributed by atoms with van der Waals surface area (Å²) in [5.41, 5.74) is 5.73. The highest BCUT2D eigenvalue weighted by Gasteiger charge is 2.31. The molecule has 0 heterocycles. The van der Waals surface area contributed by atoms with Gasteiger partial charge in [0.15, 0.2) is 5.84 Å². The van der Waals surface area contributed by atoms with Crippen molar-refractivity contribution in [3.8, 4) is 0 Å². The Balaban J connectivity index is 3.25. The molecule has 0 aliphatic heterocycles. The largest absolute Gasteiger partial charge is 0.409 e. The fourth-order valence-electron chi connectivity index (χ4n) is 1.66. The molecule has 1 aromatic rings. The number of hydrogen-bond donors (Lipinski definition) is 3. The normalized spacial score (nSPS) is 12.6. The van der Waals surface area contributed by atoms with E-state index in [0.717, 1.165) is 4.90 Å². The summed E-state index contributed by atoms with van der Waals surface area (Å²) >= 11 is 3.16. The summed E-state index contributed by atoms with van der Waals surface area (Å²) in [6.45, 7) is -1.94. The van der Waals surface area contributed by atoms with E-state index in [1.54, 1.807) is 0 Å². The number of hydrogen-bond acceptors (Lipinski definition) is 4. The highest BCUT2D eigenvalue weighted by Crippen LogP contribution is 2.27. The Bertz CT molecular complexity index is 494. The molecule has 20 heavy (non-hydrogen) atoms. The molecule has 112 valence electrons. The molecule has 0 saturated heterocycles. The van der Waals surface area contributed by atoms with Gasteiger partial charge in [-0.1, -0.05) is 21.1 Å². The molecule has 5 nitrogen and oxygen atoms in total. The lowest BCUT2D eigenvalue weighted by Gasteiger charge is -2.27. The number of amidine groups is 1. The first kappa shape index (κ1) is 16.6. The van der Waals surface area contributed by atoms with Crippen LogP contribution in [0.4, 0.5) is 18.9 Å². The maximum atomic E-state index is 12.6. The minimum atomic E-state index is -4.44. The third kappa shape index (κ3) is 4.57. The van der Waals surface area contributed by atoms with Gasteiger partial charge in [0, 0.05) is 22.3 Å². The van der Waals surface area contributed by atoms with Gasteiger partial charge in [-0.25, -0.2) is 0 Å². The molecule has 0 amide bonds. The molecule has 0 radical (unpaired) electrons. The number of rotatable bonds is 5. The van der Waals surface area contributed by atoms with Crippen molar-refractivity contribution in [2.45, 2.75) is 6.18 Å². The zero-order valence-electron chi connectivity index (χ0n) is 10.2. The van der Waals surface area contributed by atoms with Gasteiger partial charge in [-0.15, -0.1) is 0 Å². The minimum absolute atomic E-state index is 0.120. The van der Waals surface area contributed by atoms with E-state index in [1.165, 1.54) is 18.2 Å². The van der Waals surface area contributed by atoms with Crippen molar-refractivity contribution in [3.63, 3.8) is 0 Å². The fraction of sp³-hybridized carbons (Fsp3) is 0.364. The van der Waals surface area contributed by atoms with E-state index in [0.29, 0.717) is 4.47 Å². The standard InChI is InChI=1S/C11H13BrF3N3O2/c12-7-1-2-9(8(5-7)10(16)17-20)18(3-4-19)6-11(13,14)15/h1-2,5,19-20H,3-4,6H2,(H2,16,17). The highest BCUT2D eigenvalue weighted by atomic mass is 79.9. The third-order valence-electron chi connectivity index (χ3n) is 2.42. The first-order chi connectivity index (χ1) is 9.28. The van der Waals surface area contributed by atoms with Crippen molar-refractivity contribution < 1.29 is 23.5 Å². The zero-order chi connectivity index (χ0) is 15.3. The van der Waals surface area contributed by atoms with Crippen LogP contribution in [0.1, 0.15) is 5.56 Å². The summed E-state index contributed by atoms with van der Waals surface area (Å²) in [4.78, 5) is 0.916. The number of aliphatic hydroxyl groups excluding tert-OH is 1. The Morgan fingerprint density at radius 1 is 1.40 bits per heavy atom. The van der Waals surface area contributed by atoms with Gasteiger partial charge in [0.2, 0.25) is 0 Å². The van der Waals surface area contributed by atoms with Gasteiger partial charge in [-0.2, -0.15) is 13.2 Å². The van der Waals surface area contributed by atoms with Crippen molar-refractivity contribution in [2.75, 3.05) is 24.6 Å². The Morgan fingerprint density at radius 3 is 2.55 bits per heavy atom. The summed E-state index contributed by atoms with van der Waals surface area (Å²) in [6.07, 6.45) is -4.44. The van der Waals surface area contributed by atoms with E-state index in [-0.39, 0.29) is 23.6 Å². The maximum Gasteiger partial charge on any atom is 0.405 e. The first-order valence-corrected chi connectivity index (χ1v) is 6.28. The minimum Gasteiger partial charge on any atom is -0.409 e. The molecule has 1 rings (SSSR count). The molecule has 0 saturated carbocycles. The Labute approximate surface area is 121 Å². The highest BCUT2D eigenvalue weighted by molar-refractivity contribution is 9.10.